The highest BCUT2D eigenvalue weighted by Gasteiger charge is 2.14. The van der Waals surface area contributed by atoms with Crippen LogP contribution in [0, 0.1) is 19.1 Å². The van der Waals surface area contributed by atoms with Gasteiger partial charge in [-0.25, -0.2) is 4.68 Å². The van der Waals surface area contributed by atoms with Crippen molar-refractivity contribution in [3.63, 3.8) is 0 Å². The molecule has 6 heteroatoms. The zero-order valence-corrected chi connectivity index (χ0v) is 13.6. The molecule has 0 saturated carbocycles. The first-order valence-electron chi connectivity index (χ1n) is 7.64. The Hall–Kier alpha value is -3.15. The summed E-state index contributed by atoms with van der Waals surface area (Å²) < 4.78 is 2.52. The summed E-state index contributed by atoms with van der Waals surface area (Å²) in [7, 11) is 0. The first-order valence-corrected chi connectivity index (χ1v) is 7.64. The molecule has 0 aliphatic heterocycles. The molecule has 24 heavy (non-hydrogen) atoms. The van der Waals surface area contributed by atoms with E-state index in [0.29, 0.717) is 16.8 Å². The van der Waals surface area contributed by atoms with E-state index in [4.69, 9.17) is 0 Å². The molecule has 1 aromatic carbocycles. The largest absolute Gasteiger partial charge is 0.619 e. The van der Waals surface area contributed by atoms with E-state index in [9.17, 15) is 10.0 Å². The predicted molar refractivity (Wildman–Crippen MR) is 89.6 cm³/mol. The molecule has 2 aromatic heterocycles. The number of rotatable bonds is 4. The normalized spacial score (nSPS) is 10.6. The third-order valence-corrected chi connectivity index (χ3v) is 3.93. The number of carbonyl (C=O) groups excluding carboxylic acids is 1. The Balaban J connectivity index is 1.77. The lowest BCUT2D eigenvalue weighted by Gasteiger charge is -2.07. The average Bonchev–Trinajstić information content (AvgIpc) is 2.88. The first kappa shape index (κ1) is 15.7. The highest BCUT2D eigenvalue weighted by atomic mass is 16.5. The molecule has 0 saturated heterocycles. The molecule has 0 aliphatic carbocycles. The standard InChI is InChI=1S/C18H18N4O2/c1-13-17(12-19-18(23)15-8-10-21(24)11-9-15)14(2)22(20-13)16-6-4-3-5-7-16/h3-11H,12H2,1-2H3,(H,19,23). The van der Waals surface area contributed by atoms with E-state index in [1.807, 2.05) is 48.9 Å². The minimum Gasteiger partial charge on any atom is -0.619 e. The number of hydrogen-bond donors (Lipinski definition) is 1. The van der Waals surface area contributed by atoms with Gasteiger partial charge in [-0.05, 0) is 26.0 Å². The van der Waals surface area contributed by atoms with Crippen LogP contribution in [0.4, 0.5) is 0 Å². The van der Waals surface area contributed by atoms with E-state index in [1.165, 1.54) is 24.5 Å². The molecule has 0 atom stereocenters. The number of aryl methyl sites for hydroxylation is 1. The molecule has 1 N–H and O–H groups in total. The van der Waals surface area contributed by atoms with Crippen LogP contribution in [0.5, 0.6) is 0 Å². The van der Waals surface area contributed by atoms with Crippen molar-refractivity contribution in [3.8, 4) is 5.69 Å². The van der Waals surface area contributed by atoms with Crippen LogP contribution < -0.4 is 10.0 Å². The maximum absolute atomic E-state index is 12.2. The molecule has 0 unspecified atom stereocenters. The van der Waals surface area contributed by atoms with Crippen LogP contribution in [0.1, 0.15) is 27.3 Å². The molecule has 0 fully saturated rings. The predicted octanol–water partition coefficient (Wildman–Crippen LogP) is 2.05. The van der Waals surface area contributed by atoms with Gasteiger partial charge in [0.25, 0.3) is 5.91 Å². The van der Waals surface area contributed by atoms with E-state index in [-0.39, 0.29) is 5.91 Å². The van der Waals surface area contributed by atoms with Gasteiger partial charge in [-0.2, -0.15) is 9.83 Å². The third kappa shape index (κ3) is 3.12. The van der Waals surface area contributed by atoms with Gasteiger partial charge in [-0.1, -0.05) is 18.2 Å². The van der Waals surface area contributed by atoms with Crippen molar-refractivity contribution < 1.29 is 9.52 Å². The van der Waals surface area contributed by atoms with Crippen molar-refractivity contribution in [2.45, 2.75) is 20.4 Å². The molecule has 0 radical (unpaired) electrons. The van der Waals surface area contributed by atoms with E-state index in [2.05, 4.69) is 10.4 Å². The van der Waals surface area contributed by atoms with E-state index in [0.717, 1.165) is 22.6 Å². The van der Waals surface area contributed by atoms with Gasteiger partial charge in [-0.15, -0.1) is 0 Å². The zero-order chi connectivity index (χ0) is 17.1. The van der Waals surface area contributed by atoms with Gasteiger partial charge < -0.3 is 10.5 Å². The second kappa shape index (κ2) is 6.54. The van der Waals surface area contributed by atoms with Gasteiger partial charge in [0.05, 0.1) is 16.9 Å². The van der Waals surface area contributed by atoms with Crippen LogP contribution in [0.3, 0.4) is 0 Å². The topological polar surface area (TPSA) is 73.9 Å². The molecule has 0 aliphatic rings. The van der Waals surface area contributed by atoms with Crippen LogP contribution >= 0.6 is 0 Å². The van der Waals surface area contributed by atoms with Gasteiger partial charge in [0, 0.05) is 29.9 Å². The number of para-hydroxylation sites is 1. The van der Waals surface area contributed by atoms with Crippen molar-refractivity contribution in [2.75, 3.05) is 0 Å². The molecule has 0 spiro atoms. The number of hydrogen-bond acceptors (Lipinski definition) is 3. The van der Waals surface area contributed by atoms with Crippen LogP contribution in [0.15, 0.2) is 54.9 Å². The van der Waals surface area contributed by atoms with Crippen LogP contribution in [0.2, 0.25) is 0 Å². The smallest absolute Gasteiger partial charge is 0.252 e. The number of benzene rings is 1. The molecule has 122 valence electrons. The molecular weight excluding hydrogens is 304 g/mol. The number of carbonyl (C=O) groups is 1. The SMILES string of the molecule is Cc1nn(-c2ccccc2)c(C)c1CNC(=O)c1cc[n+]([O-])cc1. The van der Waals surface area contributed by atoms with Crippen molar-refractivity contribution in [1.29, 1.82) is 0 Å². The van der Waals surface area contributed by atoms with Gasteiger partial charge in [-0.3, -0.25) is 4.79 Å². The highest BCUT2D eigenvalue weighted by Crippen LogP contribution is 2.17. The van der Waals surface area contributed by atoms with Crippen molar-refractivity contribution in [2.24, 2.45) is 0 Å². The van der Waals surface area contributed by atoms with Gasteiger partial charge in [0.1, 0.15) is 0 Å². The lowest BCUT2D eigenvalue weighted by Crippen LogP contribution is -2.27. The Morgan fingerprint density at radius 1 is 1.17 bits per heavy atom. The monoisotopic (exact) mass is 322 g/mol. The number of aromatic nitrogens is 3. The van der Waals surface area contributed by atoms with Gasteiger partial charge in [0.15, 0.2) is 12.4 Å². The fourth-order valence-corrected chi connectivity index (χ4v) is 2.59. The second-order valence-electron chi connectivity index (χ2n) is 5.53. The maximum atomic E-state index is 12.2. The minimum atomic E-state index is -0.220. The first-order chi connectivity index (χ1) is 11.6. The average molecular weight is 322 g/mol. The lowest BCUT2D eigenvalue weighted by atomic mass is 10.2. The summed E-state index contributed by atoms with van der Waals surface area (Å²) in [6, 6.07) is 12.9. The summed E-state index contributed by atoms with van der Waals surface area (Å²) in [5.41, 5.74) is 4.29. The van der Waals surface area contributed by atoms with Crippen LogP contribution in [0.25, 0.3) is 5.69 Å². The van der Waals surface area contributed by atoms with Crippen molar-refractivity contribution in [3.05, 3.63) is 82.6 Å². The summed E-state index contributed by atoms with van der Waals surface area (Å²) in [6.45, 7) is 4.30. The number of pyridine rings is 1. The maximum Gasteiger partial charge on any atom is 0.252 e. The molecule has 6 nitrogen and oxygen atoms in total. The lowest BCUT2D eigenvalue weighted by molar-refractivity contribution is -0.605. The molecule has 0 bridgehead atoms. The van der Waals surface area contributed by atoms with Crippen LogP contribution in [-0.4, -0.2) is 15.7 Å². The van der Waals surface area contributed by atoms with E-state index < -0.39 is 0 Å². The Kier molecular flexibility index (Phi) is 4.29. The summed E-state index contributed by atoms with van der Waals surface area (Å²) >= 11 is 0. The minimum absolute atomic E-state index is 0.220. The van der Waals surface area contributed by atoms with Gasteiger partial charge in [0.2, 0.25) is 0 Å². The Morgan fingerprint density at radius 2 is 1.83 bits per heavy atom. The van der Waals surface area contributed by atoms with Crippen molar-refractivity contribution >= 4 is 5.91 Å². The van der Waals surface area contributed by atoms with E-state index in [1.54, 1.807) is 0 Å². The summed E-state index contributed by atoms with van der Waals surface area (Å²) in [4.78, 5) is 12.2. The summed E-state index contributed by atoms with van der Waals surface area (Å²) in [6.07, 6.45) is 2.61. The zero-order valence-electron chi connectivity index (χ0n) is 13.6. The number of nitrogens with one attached hydrogen (secondary N) is 1. The second-order valence-corrected chi connectivity index (χ2v) is 5.53. The molecule has 1 amide bonds. The third-order valence-electron chi connectivity index (χ3n) is 3.93. The van der Waals surface area contributed by atoms with Crippen LogP contribution in [-0.2, 0) is 6.54 Å². The molecule has 3 aromatic rings. The molecule has 3 rings (SSSR count). The fourth-order valence-electron chi connectivity index (χ4n) is 2.59. The van der Waals surface area contributed by atoms with E-state index >= 15 is 0 Å². The number of amides is 1. The highest BCUT2D eigenvalue weighted by molar-refractivity contribution is 5.93. The summed E-state index contributed by atoms with van der Waals surface area (Å²) in [5.74, 6) is -0.220. The quantitative estimate of drug-likeness (QED) is 0.590. The molecule has 2 heterocycles. The summed E-state index contributed by atoms with van der Waals surface area (Å²) in [5, 5.41) is 18.5. The Bertz CT molecular complexity index is 855. The van der Waals surface area contributed by atoms with Gasteiger partial charge >= 0.3 is 0 Å². The molecular formula is C18H18N4O2. The Morgan fingerprint density at radius 3 is 2.50 bits per heavy atom. The van der Waals surface area contributed by atoms with Crippen molar-refractivity contribution in [1.82, 2.24) is 15.1 Å². The Labute approximate surface area is 140 Å². The number of nitrogens with zero attached hydrogens (tertiary/aromatic N) is 3. The fraction of sp³-hybridized carbons (Fsp3) is 0.167.